The molecule has 1 aliphatic rings. The van der Waals surface area contributed by atoms with Crippen LogP contribution in [-0.4, -0.2) is 29.9 Å². The number of unbranched alkanes of at least 4 members (excludes halogenated alkanes) is 1. The van der Waals surface area contributed by atoms with Gasteiger partial charge in [0.2, 0.25) is 0 Å². The molecule has 0 saturated carbocycles. The Morgan fingerprint density at radius 3 is 2.47 bits per heavy atom. The van der Waals surface area contributed by atoms with E-state index in [4.69, 9.17) is 0 Å². The van der Waals surface area contributed by atoms with E-state index in [1.807, 2.05) is 48.5 Å². The highest BCUT2D eigenvalue weighted by Gasteiger charge is 2.20. The molecule has 1 aliphatic heterocycles. The molecule has 6 nitrogen and oxygen atoms in total. The smallest absolute Gasteiger partial charge is 0.255 e. The van der Waals surface area contributed by atoms with Gasteiger partial charge in [0.15, 0.2) is 0 Å². The number of anilines is 2. The van der Waals surface area contributed by atoms with E-state index in [1.54, 1.807) is 18.5 Å². The largest absolute Gasteiger partial charge is 0.371 e. The lowest BCUT2D eigenvalue weighted by Crippen LogP contribution is -2.27. The second-order valence-electron chi connectivity index (χ2n) is 8.72. The van der Waals surface area contributed by atoms with Gasteiger partial charge in [-0.3, -0.25) is 14.6 Å². The van der Waals surface area contributed by atoms with Crippen LogP contribution in [0.15, 0.2) is 67.0 Å². The summed E-state index contributed by atoms with van der Waals surface area (Å²) in [5.41, 5.74) is 4.85. The van der Waals surface area contributed by atoms with Crippen molar-refractivity contribution >= 4 is 23.2 Å². The van der Waals surface area contributed by atoms with Gasteiger partial charge in [-0.25, -0.2) is 0 Å². The number of rotatable bonds is 9. The Hall–Kier alpha value is -3.67. The van der Waals surface area contributed by atoms with E-state index >= 15 is 0 Å². The molecule has 2 heterocycles. The molecule has 2 aromatic carbocycles. The third-order valence-corrected chi connectivity index (χ3v) is 6.16. The van der Waals surface area contributed by atoms with Gasteiger partial charge >= 0.3 is 0 Å². The van der Waals surface area contributed by atoms with Gasteiger partial charge in [0.25, 0.3) is 11.8 Å². The van der Waals surface area contributed by atoms with Crippen LogP contribution in [0.3, 0.4) is 0 Å². The molecule has 1 fully saturated rings. The van der Waals surface area contributed by atoms with E-state index in [1.165, 1.54) is 5.56 Å². The number of nitrogens with zero attached hydrogens (tertiary/aromatic N) is 2. The molecule has 3 aromatic rings. The number of carbonyl (C=O) groups is 2. The molecule has 0 unspecified atom stereocenters. The van der Waals surface area contributed by atoms with Gasteiger partial charge in [0.05, 0.1) is 5.56 Å². The van der Waals surface area contributed by atoms with Gasteiger partial charge in [0.1, 0.15) is 0 Å². The van der Waals surface area contributed by atoms with Crippen LogP contribution >= 0.6 is 0 Å². The van der Waals surface area contributed by atoms with Gasteiger partial charge in [0, 0.05) is 49.0 Å². The molecule has 4 rings (SSSR count). The number of nitrogens with one attached hydrogen (secondary N) is 2. The lowest BCUT2D eigenvalue weighted by atomic mass is 10.1. The van der Waals surface area contributed by atoms with Gasteiger partial charge in [-0.05, 0) is 73.2 Å². The van der Waals surface area contributed by atoms with Crippen LogP contribution in [0, 0.1) is 0 Å². The lowest BCUT2D eigenvalue weighted by Gasteiger charge is -2.22. The Bertz CT molecular complexity index is 1110. The Kier molecular flexibility index (Phi) is 7.91. The van der Waals surface area contributed by atoms with Crippen LogP contribution in [0.25, 0.3) is 0 Å². The maximum absolute atomic E-state index is 13.2. The van der Waals surface area contributed by atoms with Gasteiger partial charge in [-0.2, -0.15) is 0 Å². The Labute approximate surface area is 201 Å². The summed E-state index contributed by atoms with van der Waals surface area (Å²) in [6.45, 7) is 4.43. The molecule has 2 amide bonds. The normalized spacial score (nSPS) is 13.0. The Balaban J connectivity index is 1.50. The van der Waals surface area contributed by atoms with Gasteiger partial charge in [-0.1, -0.05) is 31.5 Å². The first-order valence-corrected chi connectivity index (χ1v) is 12.1. The lowest BCUT2D eigenvalue weighted by molar-refractivity contribution is 0.0950. The zero-order valence-electron chi connectivity index (χ0n) is 19.7. The maximum Gasteiger partial charge on any atom is 0.255 e. The molecule has 176 valence electrons. The summed E-state index contributed by atoms with van der Waals surface area (Å²) < 4.78 is 0. The van der Waals surface area contributed by atoms with Crippen LogP contribution in [0.1, 0.15) is 64.4 Å². The van der Waals surface area contributed by atoms with Crippen molar-refractivity contribution in [3.8, 4) is 0 Å². The minimum absolute atomic E-state index is 0.165. The molecular formula is C28H32N4O2. The van der Waals surface area contributed by atoms with Crippen molar-refractivity contribution in [2.24, 2.45) is 0 Å². The maximum atomic E-state index is 13.2. The average Bonchev–Trinajstić information content (AvgIpc) is 3.42. The van der Waals surface area contributed by atoms with Gasteiger partial charge in [-0.15, -0.1) is 0 Å². The standard InChI is InChI=1S/C28H32N4O2/c1-2-3-7-21-9-11-23(12-10-21)27(33)31-24-13-14-26(32-16-4-5-17-32)25(18-24)28(34)30-20-22-8-6-15-29-19-22/h6,8-15,18-19H,2-5,7,16-17,20H2,1H3,(H,30,34)(H,31,33). The number of aromatic nitrogens is 1. The highest BCUT2D eigenvalue weighted by Crippen LogP contribution is 2.28. The number of aryl methyl sites for hydroxylation is 1. The van der Waals surface area contributed by atoms with E-state index in [2.05, 4.69) is 27.4 Å². The third-order valence-electron chi connectivity index (χ3n) is 6.16. The van der Waals surface area contributed by atoms with E-state index < -0.39 is 0 Å². The summed E-state index contributed by atoms with van der Waals surface area (Å²) in [5, 5.41) is 5.96. The Morgan fingerprint density at radius 1 is 0.971 bits per heavy atom. The molecule has 0 aliphatic carbocycles. The summed E-state index contributed by atoms with van der Waals surface area (Å²) in [5.74, 6) is -0.347. The third kappa shape index (κ3) is 6.01. The first-order valence-electron chi connectivity index (χ1n) is 12.1. The van der Waals surface area contributed by atoms with E-state index in [9.17, 15) is 9.59 Å². The highest BCUT2D eigenvalue weighted by atomic mass is 16.2. The van der Waals surface area contributed by atoms with Crippen LogP contribution in [-0.2, 0) is 13.0 Å². The number of benzene rings is 2. The minimum atomic E-state index is -0.183. The summed E-state index contributed by atoms with van der Waals surface area (Å²) in [4.78, 5) is 32.3. The first-order chi connectivity index (χ1) is 16.6. The molecule has 0 bridgehead atoms. The number of hydrogen-bond donors (Lipinski definition) is 2. The van der Waals surface area contributed by atoms with Crippen molar-refractivity contribution < 1.29 is 9.59 Å². The topological polar surface area (TPSA) is 74.3 Å². The molecule has 1 aromatic heterocycles. The van der Waals surface area contributed by atoms with Crippen LogP contribution in [0.5, 0.6) is 0 Å². The quantitative estimate of drug-likeness (QED) is 0.464. The molecule has 0 atom stereocenters. The minimum Gasteiger partial charge on any atom is -0.371 e. The molecule has 0 radical (unpaired) electrons. The van der Waals surface area contributed by atoms with Crippen molar-refractivity contribution in [2.45, 2.75) is 45.6 Å². The summed E-state index contributed by atoms with van der Waals surface area (Å²) in [6.07, 6.45) is 8.99. The average molecular weight is 457 g/mol. The second-order valence-corrected chi connectivity index (χ2v) is 8.72. The fraction of sp³-hybridized carbons (Fsp3) is 0.321. The zero-order valence-corrected chi connectivity index (χ0v) is 19.7. The van der Waals surface area contributed by atoms with Crippen LogP contribution in [0.2, 0.25) is 0 Å². The van der Waals surface area contributed by atoms with Crippen molar-refractivity contribution in [1.82, 2.24) is 10.3 Å². The fourth-order valence-electron chi connectivity index (χ4n) is 4.22. The fourth-order valence-corrected chi connectivity index (χ4v) is 4.22. The van der Waals surface area contributed by atoms with Crippen LogP contribution < -0.4 is 15.5 Å². The summed E-state index contributed by atoms with van der Waals surface area (Å²) in [7, 11) is 0. The number of hydrogen-bond acceptors (Lipinski definition) is 4. The molecular weight excluding hydrogens is 424 g/mol. The second kappa shape index (κ2) is 11.5. The summed E-state index contributed by atoms with van der Waals surface area (Å²) >= 11 is 0. The Morgan fingerprint density at radius 2 is 1.76 bits per heavy atom. The van der Waals surface area contributed by atoms with Crippen molar-refractivity contribution in [3.63, 3.8) is 0 Å². The highest BCUT2D eigenvalue weighted by molar-refractivity contribution is 6.06. The molecule has 0 spiro atoms. The van der Waals surface area contributed by atoms with E-state index in [-0.39, 0.29) is 11.8 Å². The van der Waals surface area contributed by atoms with Crippen molar-refractivity contribution in [3.05, 3.63) is 89.2 Å². The number of amides is 2. The molecule has 2 N–H and O–H groups in total. The summed E-state index contributed by atoms with van der Waals surface area (Å²) in [6, 6.07) is 17.1. The first kappa shape index (κ1) is 23.5. The number of carbonyl (C=O) groups excluding carboxylic acids is 2. The molecule has 34 heavy (non-hydrogen) atoms. The SMILES string of the molecule is CCCCc1ccc(C(=O)Nc2ccc(N3CCCC3)c(C(=O)NCc3cccnc3)c2)cc1. The van der Waals surface area contributed by atoms with Crippen molar-refractivity contribution in [2.75, 3.05) is 23.3 Å². The number of pyridine rings is 1. The molecule has 1 saturated heterocycles. The monoisotopic (exact) mass is 456 g/mol. The van der Waals surface area contributed by atoms with Crippen molar-refractivity contribution in [1.29, 1.82) is 0 Å². The van der Waals surface area contributed by atoms with Crippen LogP contribution in [0.4, 0.5) is 11.4 Å². The van der Waals surface area contributed by atoms with Gasteiger partial charge < -0.3 is 15.5 Å². The zero-order chi connectivity index (χ0) is 23.8. The predicted octanol–water partition coefficient (Wildman–Crippen LogP) is 5.21. The molecule has 6 heteroatoms. The predicted molar refractivity (Wildman–Crippen MR) is 136 cm³/mol. The van der Waals surface area contributed by atoms with E-state index in [0.717, 1.165) is 56.4 Å². The van der Waals surface area contributed by atoms with E-state index in [0.29, 0.717) is 23.4 Å².